The molecule has 1 aromatic rings. The van der Waals surface area contributed by atoms with Gasteiger partial charge in [0.05, 0.1) is 17.7 Å². The molecule has 0 saturated carbocycles. The monoisotopic (exact) mass is 272 g/mol. The number of pyridine rings is 1. The fourth-order valence-electron chi connectivity index (χ4n) is 1.68. The fraction of sp³-hybridized carbons (Fsp3) is 0.500. The van der Waals surface area contributed by atoms with Crippen LogP contribution in [0.3, 0.4) is 0 Å². The summed E-state index contributed by atoms with van der Waals surface area (Å²) >= 11 is 3.36. The van der Waals surface area contributed by atoms with Crippen LogP contribution in [-0.4, -0.2) is 36.4 Å². The number of rotatable bonds is 2. The number of aromatic nitrogens is 1. The van der Waals surface area contributed by atoms with Gasteiger partial charge in [-0.05, 0) is 34.5 Å². The summed E-state index contributed by atoms with van der Waals surface area (Å²) in [5, 5.41) is 9.43. The first-order valence-electron chi connectivity index (χ1n) is 4.84. The highest BCUT2D eigenvalue weighted by atomic mass is 79.9. The molecule has 2 rings (SSSR count). The van der Waals surface area contributed by atoms with Gasteiger partial charge in [0.25, 0.3) is 0 Å². The van der Waals surface area contributed by atoms with E-state index in [0.29, 0.717) is 12.4 Å². The number of aliphatic hydroxyl groups excluding tert-OH is 1. The predicted octanol–water partition coefficient (Wildman–Crippen LogP) is 1.42. The molecule has 1 aliphatic heterocycles. The molecule has 1 fully saturated rings. The lowest BCUT2D eigenvalue weighted by molar-refractivity contribution is 0.198. The molecule has 4 nitrogen and oxygen atoms in total. The topological polar surface area (TPSA) is 45.6 Å². The number of aliphatic hydroxyl groups is 1. The third-order valence-corrected chi connectivity index (χ3v) is 3.08. The Kier molecular flexibility index (Phi) is 3.11. The van der Waals surface area contributed by atoms with E-state index in [1.807, 2.05) is 12.1 Å². The zero-order valence-electron chi connectivity index (χ0n) is 8.48. The SMILES string of the molecule is COc1nc(N2CC[C@H](O)C2)ccc1Br. The van der Waals surface area contributed by atoms with Gasteiger partial charge < -0.3 is 14.7 Å². The first kappa shape index (κ1) is 10.7. The van der Waals surface area contributed by atoms with Crippen LogP contribution in [0.15, 0.2) is 16.6 Å². The highest BCUT2D eigenvalue weighted by molar-refractivity contribution is 9.10. The van der Waals surface area contributed by atoms with Crippen LogP contribution in [0, 0.1) is 0 Å². The molecule has 1 saturated heterocycles. The van der Waals surface area contributed by atoms with Crippen molar-refractivity contribution in [2.45, 2.75) is 12.5 Å². The second kappa shape index (κ2) is 4.37. The zero-order valence-corrected chi connectivity index (χ0v) is 10.1. The van der Waals surface area contributed by atoms with E-state index in [-0.39, 0.29) is 6.10 Å². The summed E-state index contributed by atoms with van der Waals surface area (Å²) in [5.41, 5.74) is 0. The Morgan fingerprint density at radius 2 is 2.40 bits per heavy atom. The summed E-state index contributed by atoms with van der Waals surface area (Å²) in [4.78, 5) is 6.41. The van der Waals surface area contributed by atoms with Crippen molar-refractivity contribution in [2.75, 3.05) is 25.1 Å². The van der Waals surface area contributed by atoms with Crippen LogP contribution in [0.5, 0.6) is 5.88 Å². The van der Waals surface area contributed by atoms with Crippen LogP contribution >= 0.6 is 15.9 Å². The van der Waals surface area contributed by atoms with Crippen molar-refractivity contribution in [1.29, 1.82) is 0 Å². The maximum Gasteiger partial charge on any atom is 0.229 e. The molecule has 0 aromatic carbocycles. The van der Waals surface area contributed by atoms with E-state index in [1.54, 1.807) is 7.11 Å². The molecular formula is C10H13BrN2O2. The highest BCUT2D eigenvalue weighted by Crippen LogP contribution is 2.27. The van der Waals surface area contributed by atoms with E-state index in [0.717, 1.165) is 23.3 Å². The van der Waals surface area contributed by atoms with Crippen LogP contribution in [0.1, 0.15) is 6.42 Å². The summed E-state index contributed by atoms with van der Waals surface area (Å²) in [6.07, 6.45) is 0.571. The van der Waals surface area contributed by atoms with Crippen LogP contribution < -0.4 is 9.64 Å². The van der Waals surface area contributed by atoms with Gasteiger partial charge in [-0.15, -0.1) is 0 Å². The molecule has 5 heteroatoms. The molecule has 0 amide bonds. The summed E-state index contributed by atoms with van der Waals surface area (Å²) in [7, 11) is 1.59. The Morgan fingerprint density at radius 1 is 1.60 bits per heavy atom. The maximum absolute atomic E-state index is 9.43. The van der Waals surface area contributed by atoms with Gasteiger partial charge in [-0.3, -0.25) is 0 Å². The van der Waals surface area contributed by atoms with E-state index in [2.05, 4.69) is 25.8 Å². The van der Waals surface area contributed by atoms with E-state index in [9.17, 15) is 5.11 Å². The van der Waals surface area contributed by atoms with E-state index in [4.69, 9.17) is 4.74 Å². The molecule has 1 aliphatic rings. The minimum atomic E-state index is -0.235. The van der Waals surface area contributed by atoms with Crippen LogP contribution in [0.25, 0.3) is 0 Å². The van der Waals surface area contributed by atoms with Crippen molar-refractivity contribution in [3.63, 3.8) is 0 Å². The second-order valence-corrected chi connectivity index (χ2v) is 4.40. The van der Waals surface area contributed by atoms with Crippen molar-refractivity contribution in [3.8, 4) is 5.88 Å². The van der Waals surface area contributed by atoms with Crippen molar-refractivity contribution in [2.24, 2.45) is 0 Å². The number of nitrogens with zero attached hydrogens (tertiary/aromatic N) is 2. The number of halogens is 1. The third-order valence-electron chi connectivity index (χ3n) is 2.48. The predicted molar refractivity (Wildman–Crippen MR) is 61.3 cm³/mol. The average molecular weight is 273 g/mol. The van der Waals surface area contributed by atoms with Crippen LogP contribution in [0.2, 0.25) is 0 Å². The maximum atomic E-state index is 9.43. The van der Waals surface area contributed by atoms with Gasteiger partial charge in [0, 0.05) is 13.1 Å². The molecule has 1 N–H and O–H groups in total. The zero-order chi connectivity index (χ0) is 10.8. The average Bonchev–Trinajstić information content (AvgIpc) is 2.66. The van der Waals surface area contributed by atoms with Crippen molar-refractivity contribution in [1.82, 2.24) is 4.98 Å². The van der Waals surface area contributed by atoms with Gasteiger partial charge in [0.1, 0.15) is 5.82 Å². The van der Waals surface area contributed by atoms with Gasteiger partial charge in [0.2, 0.25) is 5.88 Å². The molecule has 1 aromatic heterocycles. The molecular weight excluding hydrogens is 260 g/mol. The summed E-state index contributed by atoms with van der Waals surface area (Å²) in [6, 6.07) is 3.83. The number of hydrogen-bond acceptors (Lipinski definition) is 4. The number of methoxy groups -OCH3 is 1. The van der Waals surface area contributed by atoms with E-state index in [1.165, 1.54) is 0 Å². The molecule has 15 heavy (non-hydrogen) atoms. The molecule has 0 spiro atoms. The second-order valence-electron chi connectivity index (χ2n) is 3.55. The lowest BCUT2D eigenvalue weighted by atomic mass is 10.3. The van der Waals surface area contributed by atoms with Gasteiger partial charge in [0.15, 0.2) is 0 Å². The Bertz CT molecular complexity index is 359. The summed E-state index contributed by atoms with van der Waals surface area (Å²) in [5.74, 6) is 1.43. The molecule has 0 radical (unpaired) electrons. The van der Waals surface area contributed by atoms with E-state index >= 15 is 0 Å². The van der Waals surface area contributed by atoms with Crippen molar-refractivity contribution >= 4 is 21.7 Å². The molecule has 1 atom stereocenters. The Labute approximate surface area is 97.0 Å². The summed E-state index contributed by atoms with van der Waals surface area (Å²) < 4.78 is 5.97. The largest absolute Gasteiger partial charge is 0.480 e. The molecule has 2 heterocycles. The number of anilines is 1. The molecule has 0 bridgehead atoms. The Hall–Kier alpha value is -0.810. The number of β-amino-alcohol motifs (C(OH)–C–C–N with tert-alkyl or cyclic N) is 1. The van der Waals surface area contributed by atoms with Crippen LogP contribution in [0.4, 0.5) is 5.82 Å². The number of hydrogen-bond donors (Lipinski definition) is 1. The normalized spacial score (nSPS) is 20.7. The van der Waals surface area contributed by atoms with Gasteiger partial charge in [-0.2, -0.15) is 4.98 Å². The Morgan fingerprint density at radius 3 is 3.00 bits per heavy atom. The lowest BCUT2D eigenvalue weighted by Crippen LogP contribution is -2.22. The highest BCUT2D eigenvalue weighted by Gasteiger charge is 2.21. The quantitative estimate of drug-likeness (QED) is 0.885. The fourth-order valence-corrected chi connectivity index (χ4v) is 2.07. The van der Waals surface area contributed by atoms with Crippen molar-refractivity contribution in [3.05, 3.63) is 16.6 Å². The van der Waals surface area contributed by atoms with Gasteiger partial charge in [-0.1, -0.05) is 0 Å². The molecule has 0 unspecified atom stereocenters. The lowest BCUT2D eigenvalue weighted by Gasteiger charge is -2.17. The minimum absolute atomic E-state index is 0.235. The van der Waals surface area contributed by atoms with Gasteiger partial charge >= 0.3 is 0 Å². The van der Waals surface area contributed by atoms with Crippen LogP contribution in [-0.2, 0) is 0 Å². The summed E-state index contributed by atoms with van der Waals surface area (Å²) in [6.45, 7) is 1.50. The van der Waals surface area contributed by atoms with Gasteiger partial charge in [-0.25, -0.2) is 0 Å². The smallest absolute Gasteiger partial charge is 0.229 e. The Balaban J connectivity index is 2.21. The standard InChI is InChI=1S/C10H13BrN2O2/c1-15-10-8(11)2-3-9(12-10)13-5-4-7(14)6-13/h2-3,7,14H,4-6H2,1H3/t7-/m0/s1. The molecule has 82 valence electrons. The first-order valence-corrected chi connectivity index (χ1v) is 5.63. The van der Waals surface area contributed by atoms with E-state index < -0.39 is 0 Å². The van der Waals surface area contributed by atoms with Crippen molar-refractivity contribution < 1.29 is 9.84 Å². The molecule has 0 aliphatic carbocycles. The third kappa shape index (κ3) is 2.23. The number of ether oxygens (including phenoxy) is 1. The minimum Gasteiger partial charge on any atom is -0.480 e. The first-order chi connectivity index (χ1) is 7.20.